The van der Waals surface area contributed by atoms with Crippen LogP contribution in [0.15, 0.2) is 34.9 Å². The van der Waals surface area contributed by atoms with Gasteiger partial charge in [0.25, 0.3) is 11.8 Å². The van der Waals surface area contributed by atoms with Crippen LogP contribution in [-0.2, 0) is 4.79 Å². The summed E-state index contributed by atoms with van der Waals surface area (Å²) in [6.45, 7) is 0.234. The molecule has 0 aliphatic carbocycles. The summed E-state index contributed by atoms with van der Waals surface area (Å²) in [5.41, 5.74) is 0.819. The van der Waals surface area contributed by atoms with Gasteiger partial charge < -0.3 is 15.2 Å². The molecule has 1 amide bonds. The lowest BCUT2D eigenvalue weighted by atomic mass is 10.2. The van der Waals surface area contributed by atoms with Crippen molar-refractivity contribution in [3.05, 3.63) is 30.3 Å². The van der Waals surface area contributed by atoms with Crippen molar-refractivity contribution in [1.29, 1.82) is 0 Å². The lowest BCUT2D eigenvalue weighted by molar-refractivity contribution is -0.119. The topological polar surface area (TPSA) is 80.0 Å². The number of rotatable bonds is 5. The molecule has 6 heteroatoms. The van der Waals surface area contributed by atoms with Gasteiger partial charge in [-0.15, -0.1) is 6.42 Å². The van der Waals surface area contributed by atoms with Gasteiger partial charge in [-0.25, -0.2) is 0 Å². The van der Waals surface area contributed by atoms with Crippen LogP contribution in [0.3, 0.4) is 0 Å². The zero-order valence-electron chi connectivity index (χ0n) is 10.1. The Kier molecular flexibility index (Phi) is 4.13. The average molecular weight is 256 g/mol. The summed E-state index contributed by atoms with van der Waals surface area (Å²) in [6.07, 6.45) is 5.03. The maximum Gasteiger partial charge on any atom is 0.264 e. The number of carbonyl (C=O) groups excluding carboxylic acids is 1. The van der Waals surface area contributed by atoms with Crippen LogP contribution in [0.25, 0.3) is 11.5 Å². The SMILES string of the molecule is C#CCNC(=O)CNc1noc(-c2ccccc2)n1. The Bertz CT molecular complexity index is 586. The number of amides is 1. The van der Waals surface area contributed by atoms with E-state index in [2.05, 4.69) is 26.7 Å². The van der Waals surface area contributed by atoms with E-state index >= 15 is 0 Å². The molecule has 0 atom stereocenters. The van der Waals surface area contributed by atoms with Crippen LogP contribution >= 0.6 is 0 Å². The number of benzene rings is 1. The minimum atomic E-state index is -0.232. The van der Waals surface area contributed by atoms with Gasteiger partial charge in [0.2, 0.25) is 5.91 Å². The predicted octanol–water partition coefficient (Wildman–Crippen LogP) is 0.898. The summed E-state index contributed by atoms with van der Waals surface area (Å²) in [6, 6.07) is 9.36. The number of hydrogen-bond donors (Lipinski definition) is 2. The molecule has 19 heavy (non-hydrogen) atoms. The van der Waals surface area contributed by atoms with Gasteiger partial charge >= 0.3 is 0 Å². The van der Waals surface area contributed by atoms with E-state index in [4.69, 9.17) is 10.9 Å². The van der Waals surface area contributed by atoms with E-state index in [0.29, 0.717) is 5.89 Å². The normalized spacial score (nSPS) is 9.63. The zero-order chi connectivity index (χ0) is 13.5. The first-order valence-corrected chi connectivity index (χ1v) is 5.63. The molecule has 0 aliphatic rings. The number of terminal acetylenes is 1. The number of nitrogens with one attached hydrogen (secondary N) is 2. The Morgan fingerprint density at radius 2 is 2.16 bits per heavy atom. The molecule has 0 aliphatic heterocycles. The van der Waals surface area contributed by atoms with Gasteiger partial charge in [0.05, 0.1) is 13.1 Å². The van der Waals surface area contributed by atoms with Gasteiger partial charge in [0.15, 0.2) is 0 Å². The zero-order valence-corrected chi connectivity index (χ0v) is 10.1. The largest absolute Gasteiger partial charge is 0.344 e. The second-order valence-electron chi connectivity index (χ2n) is 3.62. The Hall–Kier alpha value is -2.81. The molecule has 0 saturated carbocycles. The van der Waals surface area contributed by atoms with Crippen LogP contribution in [0.2, 0.25) is 0 Å². The fraction of sp³-hybridized carbons (Fsp3) is 0.154. The first-order valence-electron chi connectivity index (χ1n) is 5.63. The van der Waals surface area contributed by atoms with E-state index in [9.17, 15) is 4.79 Å². The van der Waals surface area contributed by atoms with E-state index in [1.165, 1.54) is 0 Å². The molecular formula is C13H12N4O2. The fourth-order valence-corrected chi connectivity index (χ4v) is 1.36. The molecule has 0 radical (unpaired) electrons. The highest BCUT2D eigenvalue weighted by Crippen LogP contribution is 2.17. The first-order chi connectivity index (χ1) is 9.29. The maximum absolute atomic E-state index is 11.3. The minimum absolute atomic E-state index is 0.0371. The standard InChI is InChI=1S/C13H12N4O2/c1-2-8-14-11(18)9-15-13-16-12(19-17-13)10-6-4-3-5-7-10/h1,3-7H,8-9H2,(H,14,18)(H,15,17). The molecule has 2 rings (SSSR count). The second-order valence-corrected chi connectivity index (χ2v) is 3.62. The molecule has 0 spiro atoms. The number of nitrogens with zero attached hydrogens (tertiary/aromatic N) is 2. The van der Waals surface area contributed by atoms with E-state index in [-0.39, 0.29) is 24.9 Å². The third-order valence-corrected chi connectivity index (χ3v) is 2.24. The molecule has 1 aromatic carbocycles. The number of hydrogen-bond acceptors (Lipinski definition) is 5. The number of anilines is 1. The summed E-state index contributed by atoms with van der Waals surface area (Å²) in [7, 11) is 0. The van der Waals surface area contributed by atoms with Crippen molar-refractivity contribution in [1.82, 2.24) is 15.5 Å². The Morgan fingerprint density at radius 1 is 1.37 bits per heavy atom. The molecule has 0 unspecified atom stereocenters. The number of aromatic nitrogens is 2. The molecule has 0 bridgehead atoms. The van der Waals surface area contributed by atoms with Gasteiger partial charge in [0.1, 0.15) is 0 Å². The molecule has 96 valence electrons. The van der Waals surface area contributed by atoms with E-state index < -0.39 is 0 Å². The number of carbonyl (C=O) groups is 1. The van der Waals surface area contributed by atoms with Gasteiger partial charge in [0, 0.05) is 5.56 Å². The molecule has 1 heterocycles. The quantitative estimate of drug-likeness (QED) is 0.777. The van der Waals surface area contributed by atoms with E-state index in [1.54, 1.807) is 0 Å². The van der Waals surface area contributed by atoms with Crippen molar-refractivity contribution in [2.45, 2.75) is 0 Å². The van der Waals surface area contributed by atoms with Crippen molar-refractivity contribution < 1.29 is 9.32 Å². The minimum Gasteiger partial charge on any atom is -0.344 e. The third-order valence-electron chi connectivity index (χ3n) is 2.24. The van der Waals surface area contributed by atoms with Crippen LogP contribution in [0.5, 0.6) is 0 Å². The van der Waals surface area contributed by atoms with Crippen molar-refractivity contribution >= 4 is 11.9 Å². The Balaban J connectivity index is 1.92. The van der Waals surface area contributed by atoms with Gasteiger partial charge in [-0.05, 0) is 17.3 Å². The van der Waals surface area contributed by atoms with Gasteiger partial charge in [-0.3, -0.25) is 4.79 Å². The van der Waals surface area contributed by atoms with Crippen LogP contribution in [0.4, 0.5) is 5.95 Å². The lowest BCUT2D eigenvalue weighted by Crippen LogP contribution is -2.30. The highest BCUT2D eigenvalue weighted by molar-refractivity contribution is 5.80. The molecule has 0 saturated heterocycles. The fourth-order valence-electron chi connectivity index (χ4n) is 1.36. The van der Waals surface area contributed by atoms with E-state index in [0.717, 1.165) is 5.56 Å². The smallest absolute Gasteiger partial charge is 0.264 e. The molecule has 6 nitrogen and oxygen atoms in total. The monoisotopic (exact) mass is 256 g/mol. The summed E-state index contributed by atoms with van der Waals surface area (Å²) in [4.78, 5) is 15.4. The highest BCUT2D eigenvalue weighted by atomic mass is 16.5. The summed E-state index contributed by atoms with van der Waals surface area (Å²) in [5.74, 6) is 2.73. The van der Waals surface area contributed by atoms with Crippen molar-refractivity contribution in [2.75, 3.05) is 18.4 Å². The van der Waals surface area contributed by atoms with Crippen molar-refractivity contribution in [3.63, 3.8) is 0 Å². The molecule has 2 N–H and O–H groups in total. The summed E-state index contributed by atoms with van der Waals surface area (Å²) >= 11 is 0. The van der Waals surface area contributed by atoms with Crippen molar-refractivity contribution in [3.8, 4) is 23.8 Å². The van der Waals surface area contributed by atoms with Crippen molar-refractivity contribution in [2.24, 2.45) is 0 Å². The first kappa shape index (κ1) is 12.6. The second kappa shape index (κ2) is 6.21. The lowest BCUT2D eigenvalue weighted by Gasteiger charge is -2.00. The molecule has 2 aromatic rings. The highest BCUT2D eigenvalue weighted by Gasteiger charge is 2.08. The van der Waals surface area contributed by atoms with E-state index in [1.807, 2.05) is 30.3 Å². The Labute approximate surface area is 110 Å². The summed E-state index contributed by atoms with van der Waals surface area (Å²) < 4.78 is 5.08. The molecule has 0 fully saturated rings. The summed E-state index contributed by atoms with van der Waals surface area (Å²) in [5, 5.41) is 8.99. The van der Waals surface area contributed by atoms with Crippen LogP contribution in [0.1, 0.15) is 0 Å². The molecule has 1 aromatic heterocycles. The average Bonchev–Trinajstić information content (AvgIpc) is 2.93. The maximum atomic E-state index is 11.3. The van der Waals surface area contributed by atoms with Crippen LogP contribution < -0.4 is 10.6 Å². The Morgan fingerprint density at radius 3 is 2.89 bits per heavy atom. The predicted molar refractivity (Wildman–Crippen MR) is 70.1 cm³/mol. The van der Waals surface area contributed by atoms with Gasteiger partial charge in [-0.1, -0.05) is 24.1 Å². The van der Waals surface area contributed by atoms with Gasteiger partial charge in [-0.2, -0.15) is 4.98 Å². The molecular weight excluding hydrogens is 244 g/mol. The van der Waals surface area contributed by atoms with Crippen LogP contribution in [-0.4, -0.2) is 29.1 Å². The van der Waals surface area contributed by atoms with Crippen LogP contribution in [0, 0.1) is 12.3 Å². The third kappa shape index (κ3) is 3.57.